The smallest absolute Gasteiger partial charge is 0.289 e. The molecule has 0 heterocycles. The molecule has 0 spiro atoms. The lowest BCUT2D eigenvalue weighted by atomic mass is 10.1. The molecule has 0 aliphatic rings. The van der Waals surface area contributed by atoms with Crippen molar-refractivity contribution in [3.63, 3.8) is 0 Å². The van der Waals surface area contributed by atoms with Gasteiger partial charge < -0.3 is 0 Å². The van der Waals surface area contributed by atoms with Crippen LogP contribution in [0.5, 0.6) is 0 Å². The maximum atomic E-state index is 12.9. The van der Waals surface area contributed by atoms with Crippen LogP contribution in [-0.2, 0) is 9.59 Å². The third-order valence-electron chi connectivity index (χ3n) is 4.11. The fraction of sp³-hybridized carbons (Fsp3) is 0.238. The van der Waals surface area contributed by atoms with Gasteiger partial charge in [-0.2, -0.15) is 9.52 Å². The highest BCUT2D eigenvalue weighted by Gasteiger charge is 2.25. The molecular formula is C21H25N5O4S2. The van der Waals surface area contributed by atoms with Gasteiger partial charge in [0, 0.05) is 29.7 Å². The Balaban J connectivity index is 1.95. The van der Waals surface area contributed by atoms with E-state index in [1.54, 1.807) is 11.7 Å². The summed E-state index contributed by atoms with van der Waals surface area (Å²) in [5, 5.41) is 12.6. The van der Waals surface area contributed by atoms with Crippen molar-refractivity contribution in [2.45, 2.75) is 37.0 Å². The van der Waals surface area contributed by atoms with Crippen LogP contribution in [0.4, 0.5) is 4.79 Å². The molecule has 9 nitrogen and oxygen atoms in total. The minimum Gasteiger partial charge on any atom is -0.289 e. The number of unbranched alkanes of at least 4 members (excludes halogenated alkanes) is 2. The average molecular weight is 476 g/mol. The molecular weight excluding hydrogens is 450 g/mol. The second kappa shape index (κ2) is 14.1. The van der Waals surface area contributed by atoms with Crippen molar-refractivity contribution in [2.24, 2.45) is 5.10 Å². The second-order valence-corrected chi connectivity index (χ2v) is 7.97. The highest BCUT2D eigenvalue weighted by atomic mass is 32.2. The van der Waals surface area contributed by atoms with E-state index in [1.165, 1.54) is 0 Å². The molecule has 32 heavy (non-hydrogen) atoms. The van der Waals surface area contributed by atoms with Gasteiger partial charge in [0.05, 0.1) is 6.21 Å². The number of hydrazine groups is 1. The Labute approximate surface area is 196 Å². The summed E-state index contributed by atoms with van der Waals surface area (Å²) in [7, 11) is 0. The average Bonchev–Trinajstić information content (AvgIpc) is 2.83. The third-order valence-corrected chi connectivity index (χ3v) is 5.41. The number of thiol groups is 1. The number of benzene rings is 2. The lowest BCUT2D eigenvalue weighted by Crippen LogP contribution is -2.43. The summed E-state index contributed by atoms with van der Waals surface area (Å²) in [6, 6.07) is 17.8. The first-order valence-electron chi connectivity index (χ1n) is 9.87. The Hall–Kier alpha value is -3.02. The maximum absolute atomic E-state index is 12.9. The van der Waals surface area contributed by atoms with Gasteiger partial charge in [-0.3, -0.25) is 14.8 Å². The number of rotatable bonds is 11. The van der Waals surface area contributed by atoms with Gasteiger partial charge in [-0.1, -0.05) is 67.8 Å². The molecule has 2 aromatic rings. The van der Waals surface area contributed by atoms with Crippen LogP contribution in [0.1, 0.15) is 37.7 Å². The molecule has 0 aliphatic carbocycles. The zero-order valence-electron chi connectivity index (χ0n) is 17.3. The molecule has 0 aliphatic heterocycles. The SMILES string of the molecule is O=C(CCCCCC(=O)N(S)C(=O)N(N/N=C\c1ccccc1)Sc1ccccc1)NO. The van der Waals surface area contributed by atoms with Crippen molar-refractivity contribution in [3.05, 3.63) is 66.2 Å². The summed E-state index contributed by atoms with van der Waals surface area (Å²) in [5.74, 6) is -0.949. The molecule has 2 rings (SSSR count). The summed E-state index contributed by atoms with van der Waals surface area (Å²) in [6.07, 6.45) is 3.40. The van der Waals surface area contributed by atoms with E-state index < -0.39 is 17.8 Å². The lowest BCUT2D eigenvalue weighted by Gasteiger charge is -2.23. The summed E-state index contributed by atoms with van der Waals surface area (Å²) >= 11 is 5.14. The van der Waals surface area contributed by atoms with Crippen molar-refractivity contribution in [3.8, 4) is 0 Å². The number of carbonyl (C=O) groups excluding carboxylic acids is 3. The fourth-order valence-corrected chi connectivity index (χ4v) is 3.46. The number of hydrazone groups is 1. The van der Waals surface area contributed by atoms with Gasteiger partial charge in [0.15, 0.2) is 0 Å². The number of amides is 4. The molecule has 0 atom stereocenters. The van der Waals surface area contributed by atoms with E-state index in [1.807, 2.05) is 60.7 Å². The van der Waals surface area contributed by atoms with Gasteiger partial charge in [-0.25, -0.2) is 20.1 Å². The van der Waals surface area contributed by atoms with Gasteiger partial charge in [0.25, 0.3) is 0 Å². The Morgan fingerprint density at radius 1 is 0.969 bits per heavy atom. The normalized spacial score (nSPS) is 10.6. The van der Waals surface area contributed by atoms with E-state index in [9.17, 15) is 14.4 Å². The molecule has 0 saturated heterocycles. The van der Waals surface area contributed by atoms with Gasteiger partial charge in [0.1, 0.15) is 0 Å². The van der Waals surface area contributed by atoms with Crippen LogP contribution in [-0.4, -0.2) is 38.0 Å². The van der Waals surface area contributed by atoms with Gasteiger partial charge in [0.2, 0.25) is 11.8 Å². The van der Waals surface area contributed by atoms with Crippen LogP contribution in [0.25, 0.3) is 0 Å². The number of hydroxylamine groups is 1. The van der Waals surface area contributed by atoms with E-state index in [-0.39, 0.29) is 12.8 Å². The molecule has 3 N–H and O–H groups in total. The van der Waals surface area contributed by atoms with Crippen LogP contribution in [0.15, 0.2) is 70.7 Å². The van der Waals surface area contributed by atoms with Crippen molar-refractivity contribution < 1.29 is 19.6 Å². The van der Waals surface area contributed by atoms with Crippen LogP contribution in [0.3, 0.4) is 0 Å². The number of carbonyl (C=O) groups is 3. The number of imide groups is 1. The molecule has 0 bridgehead atoms. The van der Waals surface area contributed by atoms with Crippen LogP contribution >= 0.6 is 24.8 Å². The molecule has 0 saturated carbocycles. The molecule has 2 aromatic carbocycles. The minimum absolute atomic E-state index is 0.0904. The molecule has 0 unspecified atom stereocenters. The van der Waals surface area contributed by atoms with Gasteiger partial charge >= 0.3 is 6.03 Å². The van der Waals surface area contributed by atoms with Crippen molar-refractivity contribution in [1.82, 2.24) is 19.7 Å². The van der Waals surface area contributed by atoms with E-state index >= 15 is 0 Å². The number of hydrogen-bond donors (Lipinski definition) is 4. The first-order valence-corrected chi connectivity index (χ1v) is 11.0. The van der Waals surface area contributed by atoms with Crippen LogP contribution in [0, 0.1) is 0 Å². The Kier molecular flexibility index (Phi) is 11.1. The molecule has 0 radical (unpaired) electrons. The second-order valence-electron chi connectivity index (χ2n) is 6.55. The lowest BCUT2D eigenvalue weighted by molar-refractivity contribution is -0.129. The van der Waals surface area contributed by atoms with E-state index in [4.69, 9.17) is 5.21 Å². The predicted octanol–water partition coefficient (Wildman–Crippen LogP) is 3.78. The first-order chi connectivity index (χ1) is 15.5. The summed E-state index contributed by atoms with van der Waals surface area (Å²) < 4.78 is 1.85. The molecule has 170 valence electrons. The monoisotopic (exact) mass is 475 g/mol. The maximum Gasteiger partial charge on any atom is 0.367 e. The Bertz CT molecular complexity index is 900. The number of nitrogens with one attached hydrogen (secondary N) is 2. The summed E-state index contributed by atoms with van der Waals surface area (Å²) in [6.45, 7) is 0. The van der Waals surface area contributed by atoms with Crippen molar-refractivity contribution >= 4 is 48.8 Å². The largest absolute Gasteiger partial charge is 0.367 e. The Morgan fingerprint density at radius 3 is 2.25 bits per heavy atom. The van der Waals surface area contributed by atoms with E-state index in [0.717, 1.165) is 31.1 Å². The number of urea groups is 1. The quantitative estimate of drug-likeness (QED) is 0.0982. The topological polar surface area (TPSA) is 114 Å². The Morgan fingerprint density at radius 2 is 1.59 bits per heavy atom. The standard InChI is InChI=1S/C21H25N5O4S2/c27-19(23-30)14-8-3-9-15-20(28)25(31)21(29)26(32-18-12-6-2-7-13-18)24-22-16-17-10-4-1-5-11-17/h1-2,4-7,10-13,16,24,30-31H,3,8-9,14-15H2,(H,23,27)/b22-16-. The highest BCUT2D eigenvalue weighted by molar-refractivity contribution is 7.97. The predicted molar refractivity (Wildman–Crippen MR) is 126 cm³/mol. The zero-order chi connectivity index (χ0) is 23.2. The van der Waals surface area contributed by atoms with Crippen molar-refractivity contribution in [1.29, 1.82) is 0 Å². The number of hydrogen-bond acceptors (Lipinski definition) is 8. The minimum atomic E-state index is -0.697. The zero-order valence-corrected chi connectivity index (χ0v) is 19.0. The summed E-state index contributed by atoms with van der Waals surface area (Å²) in [5.41, 5.74) is 5.05. The van der Waals surface area contributed by atoms with Crippen LogP contribution < -0.4 is 11.0 Å². The van der Waals surface area contributed by atoms with Gasteiger partial charge in [-0.05, 0) is 30.5 Å². The molecule has 11 heteroatoms. The van der Waals surface area contributed by atoms with Gasteiger partial charge in [-0.15, -0.1) is 0 Å². The van der Waals surface area contributed by atoms with E-state index in [0.29, 0.717) is 19.3 Å². The van der Waals surface area contributed by atoms with E-state index in [2.05, 4.69) is 23.5 Å². The molecule has 4 amide bonds. The molecule has 0 aromatic heterocycles. The third kappa shape index (κ3) is 9.00. The highest BCUT2D eigenvalue weighted by Crippen LogP contribution is 2.23. The fourth-order valence-electron chi connectivity index (χ4n) is 2.48. The van der Waals surface area contributed by atoms with Crippen LogP contribution in [0.2, 0.25) is 0 Å². The first kappa shape index (κ1) is 25.2. The number of nitrogens with zero attached hydrogens (tertiary/aromatic N) is 3. The molecule has 0 fully saturated rings. The summed E-state index contributed by atoms with van der Waals surface area (Å²) in [4.78, 5) is 37.0. The van der Waals surface area contributed by atoms with Crippen molar-refractivity contribution in [2.75, 3.05) is 0 Å².